The van der Waals surface area contributed by atoms with Crippen molar-refractivity contribution in [2.45, 2.75) is 38.5 Å². The Kier molecular flexibility index (Phi) is 15.9. The molecule has 0 N–H and O–H groups in total. The minimum atomic E-state index is 0.461. The Morgan fingerprint density at radius 3 is 1.53 bits per heavy atom. The molecule has 0 radical (unpaired) electrons. The van der Waals surface area contributed by atoms with E-state index < -0.39 is 0 Å². The van der Waals surface area contributed by atoms with E-state index in [1.54, 1.807) is 0 Å². The molecule has 0 atom stereocenters. The lowest BCUT2D eigenvalue weighted by Crippen LogP contribution is -2.07. The van der Waals surface area contributed by atoms with Crippen LogP contribution in [0.2, 0.25) is 0 Å². The summed E-state index contributed by atoms with van der Waals surface area (Å²) in [4.78, 5) is 0. The lowest BCUT2D eigenvalue weighted by molar-refractivity contribution is 0.214. The summed E-state index contributed by atoms with van der Waals surface area (Å²) >= 11 is 6.81. The van der Waals surface area contributed by atoms with Crippen LogP contribution < -0.4 is 0 Å². The van der Waals surface area contributed by atoms with Crippen molar-refractivity contribution in [2.24, 2.45) is 0 Å². The van der Waals surface area contributed by atoms with Crippen LogP contribution in [0.5, 0.6) is 0 Å². The first kappa shape index (κ1) is 15.9. The van der Waals surface area contributed by atoms with Crippen molar-refractivity contribution >= 4 is 39.5 Å². The Balaban J connectivity index is 2.81. The molecule has 0 aliphatic carbocycles. The quantitative estimate of drug-likeness (QED) is 0.307. The molecule has 0 aliphatic rings. The van der Waals surface area contributed by atoms with Crippen LogP contribution in [0.1, 0.15) is 38.5 Å². The fourth-order valence-corrected chi connectivity index (χ4v) is 1.92. The van der Waals surface area contributed by atoms with Crippen LogP contribution in [0.25, 0.3) is 0 Å². The predicted molar refractivity (Wildman–Crippen MR) is 74.3 cm³/mol. The van der Waals surface area contributed by atoms with Gasteiger partial charge in [-0.2, -0.15) is 0 Å². The van der Waals surface area contributed by atoms with Gasteiger partial charge in [-0.1, -0.05) is 44.7 Å². The molecule has 0 bridgehead atoms. The van der Waals surface area contributed by atoms with Gasteiger partial charge in [0.15, 0.2) is 0 Å². The van der Waals surface area contributed by atoms with E-state index in [2.05, 4.69) is 31.9 Å². The maximum Gasteiger partial charge on any atom is 0.438 e. The predicted octanol–water partition coefficient (Wildman–Crippen LogP) is 3.42. The SMILES string of the molecule is BrCCCCCOBOCCCCCBr. The van der Waals surface area contributed by atoms with Crippen molar-refractivity contribution < 1.29 is 9.31 Å². The van der Waals surface area contributed by atoms with Gasteiger partial charge < -0.3 is 9.31 Å². The van der Waals surface area contributed by atoms with Gasteiger partial charge in [0, 0.05) is 23.9 Å². The van der Waals surface area contributed by atoms with Gasteiger partial charge in [-0.15, -0.1) is 0 Å². The zero-order valence-electron chi connectivity index (χ0n) is 9.35. The van der Waals surface area contributed by atoms with Gasteiger partial charge in [-0.25, -0.2) is 0 Å². The van der Waals surface area contributed by atoms with Gasteiger partial charge >= 0.3 is 7.69 Å². The van der Waals surface area contributed by atoms with Crippen LogP contribution >= 0.6 is 31.9 Å². The highest BCUT2D eigenvalue weighted by Gasteiger charge is 1.94. The first-order chi connectivity index (χ1) is 7.41. The number of halogens is 2. The summed E-state index contributed by atoms with van der Waals surface area (Å²) in [5, 5.41) is 2.19. The molecule has 0 rings (SSSR count). The Morgan fingerprint density at radius 1 is 0.667 bits per heavy atom. The number of rotatable bonds is 12. The van der Waals surface area contributed by atoms with Crippen molar-refractivity contribution in [3.63, 3.8) is 0 Å². The average molecular weight is 344 g/mol. The molecular formula is C10H21BBr2O2. The van der Waals surface area contributed by atoms with Crippen LogP contribution in [-0.4, -0.2) is 31.6 Å². The molecule has 0 aromatic heterocycles. The van der Waals surface area contributed by atoms with E-state index in [0.717, 1.165) is 36.7 Å². The molecule has 0 fully saturated rings. The third-order valence-corrected chi connectivity index (χ3v) is 3.13. The number of alkyl halides is 2. The standard InChI is InChI=1S/C10H21BBr2O2/c12-7-3-1-5-9-14-11-15-10-6-2-4-8-13/h11H,1-10H2. The summed E-state index contributed by atoms with van der Waals surface area (Å²) in [5.41, 5.74) is 0. The third kappa shape index (κ3) is 14.9. The minimum Gasteiger partial charge on any atom is -0.414 e. The zero-order valence-corrected chi connectivity index (χ0v) is 12.5. The summed E-state index contributed by atoms with van der Waals surface area (Å²) < 4.78 is 10.7. The summed E-state index contributed by atoms with van der Waals surface area (Å²) in [6.45, 7) is 1.66. The van der Waals surface area contributed by atoms with Gasteiger partial charge in [-0.05, 0) is 25.7 Å². The molecule has 5 heteroatoms. The number of hydrogen-bond acceptors (Lipinski definition) is 2. The highest BCUT2D eigenvalue weighted by Crippen LogP contribution is 1.99. The van der Waals surface area contributed by atoms with Gasteiger partial charge in [0.25, 0.3) is 0 Å². The molecule has 90 valence electrons. The van der Waals surface area contributed by atoms with Gasteiger partial charge in [0.1, 0.15) is 0 Å². The highest BCUT2D eigenvalue weighted by molar-refractivity contribution is 9.09. The summed E-state index contributed by atoms with van der Waals surface area (Å²) in [6, 6.07) is 0. The van der Waals surface area contributed by atoms with E-state index in [4.69, 9.17) is 9.31 Å². The van der Waals surface area contributed by atoms with E-state index >= 15 is 0 Å². The van der Waals surface area contributed by atoms with E-state index in [0.29, 0.717) is 7.69 Å². The second-order valence-corrected chi connectivity index (χ2v) is 5.02. The summed E-state index contributed by atoms with van der Waals surface area (Å²) in [6.07, 6.45) is 7.21. The van der Waals surface area contributed by atoms with Crippen LogP contribution in [0.4, 0.5) is 0 Å². The van der Waals surface area contributed by atoms with Crippen molar-refractivity contribution in [3.05, 3.63) is 0 Å². The van der Waals surface area contributed by atoms with Crippen LogP contribution in [-0.2, 0) is 9.31 Å². The molecule has 0 aliphatic heterocycles. The molecule has 15 heavy (non-hydrogen) atoms. The van der Waals surface area contributed by atoms with Crippen LogP contribution in [0, 0.1) is 0 Å². The van der Waals surface area contributed by atoms with E-state index in [1.165, 1.54) is 25.7 Å². The Morgan fingerprint density at radius 2 is 1.13 bits per heavy atom. The molecule has 0 saturated heterocycles. The average Bonchev–Trinajstić information content (AvgIpc) is 2.26. The lowest BCUT2D eigenvalue weighted by Gasteiger charge is -2.03. The maximum absolute atomic E-state index is 5.34. The number of unbranched alkanes of at least 4 members (excludes halogenated alkanes) is 4. The lowest BCUT2D eigenvalue weighted by atomic mass is 10.2. The Bertz CT molecular complexity index is 106. The molecule has 0 saturated carbocycles. The molecule has 0 aromatic carbocycles. The van der Waals surface area contributed by atoms with Crippen LogP contribution in [0.15, 0.2) is 0 Å². The molecule has 0 amide bonds. The molecule has 0 aromatic rings. The monoisotopic (exact) mass is 342 g/mol. The molecular weight excluding hydrogens is 323 g/mol. The van der Waals surface area contributed by atoms with Gasteiger partial charge in [0.05, 0.1) is 0 Å². The zero-order chi connectivity index (χ0) is 11.2. The molecule has 0 unspecified atom stereocenters. The van der Waals surface area contributed by atoms with E-state index in [1.807, 2.05) is 0 Å². The maximum atomic E-state index is 5.34. The Hall–Kier alpha value is 0.945. The number of hydrogen-bond donors (Lipinski definition) is 0. The fraction of sp³-hybridized carbons (Fsp3) is 1.00. The molecule has 0 heterocycles. The highest BCUT2D eigenvalue weighted by atomic mass is 79.9. The van der Waals surface area contributed by atoms with Gasteiger partial charge in [-0.3, -0.25) is 0 Å². The normalized spacial score (nSPS) is 10.5. The van der Waals surface area contributed by atoms with Crippen molar-refractivity contribution in [3.8, 4) is 0 Å². The topological polar surface area (TPSA) is 18.5 Å². The second-order valence-electron chi connectivity index (χ2n) is 3.43. The third-order valence-electron chi connectivity index (χ3n) is 2.01. The summed E-state index contributed by atoms with van der Waals surface area (Å²) in [5.74, 6) is 0. The molecule has 2 nitrogen and oxygen atoms in total. The van der Waals surface area contributed by atoms with Crippen molar-refractivity contribution in [2.75, 3.05) is 23.9 Å². The van der Waals surface area contributed by atoms with Crippen molar-refractivity contribution in [1.82, 2.24) is 0 Å². The largest absolute Gasteiger partial charge is 0.438 e. The fourth-order valence-electron chi connectivity index (χ4n) is 1.13. The van der Waals surface area contributed by atoms with E-state index in [9.17, 15) is 0 Å². The first-order valence-corrected chi connectivity index (χ1v) is 7.93. The summed E-state index contributed by atoms with van der Waals surface area (Å²) in [7, 11) is 0.461. The van der Waals surface area contributed by atoms with Crippen LogP contribution in [0.3, 0.4) is 0 Å². The first-order valence-electron chi connectivity index (χ1n) is 5.69. The smallest absolute Gasteiger partial charge is 0.414 e. The second kappa shape index (κ2) is 14.9. The van der Waals surface area contributed by atoms with Crippen molar-refractivity contribution in [1.29, 1.82) is 0 Å². The van der Waals surface area contributed by atoms with Gasteiger partial charge in [0.2, 0.25) is 0 Å². The molecule has 0 spiro atoms. The Labute approximate surface area is 111 Å². The minimum absolute atomic E-state index is 0.461. The van der Waals surface area contributed by atoms with E-state index in [-0.39, 0.29) is 0 Å².